The number of nitrogens with one attached hydrogen (secondary N) is 1. The molecule has 0 bridgehead atoms. The number of carbonyl (C=O) groups is 1. The van der Waals surface area contributed by atoms with Crippen LogP contribution >= 0.6 is 11.6 Å². The van der Waals surface area contributed by atoms with Crippen molar-refractivity contribution >= 4 is 23.3 Å². The molecule has 0 radical (unpaired) electrons. The number of hydrogen-bond acceptors (Lipinski definition) is 3. The minimum absolute atomic E-state index is 0.00825. The zero-order valence-corrected chi connectivity index (χ0v) is 14.8. The molecular weight excluding hydrogens is 381 g/mol. The van der Waals surface area contributed by atoms with Gasteiger partial charge in [0.15, 0.2) is 0 Å². The Labute approximate surface area is 157 Å². The van der Waals surface area contributed by atoms with Crippen LogP contribution < -0.4 is 5.32 Å². The van der Waals surface area contributed by atoms with Crippen LogP contribution in [-0.2, 0) is 12.7 Å². The molecular formula is C18H14ClF3N4O. The molecule has 0 fully saturated rings. The minimum Gasteiger partial charge on any atom is -0.307 e. The smallest absolute Gasteiger partial charge is 0.307 e. The number of halogens is 4. The summed E-state index contributed by atoms with van der Waals surface area (Å²) in [5, 5.41) is 7.42. The normalized spacial score (nSPS) is 11.4. The van der Waals surface area contributed by atoms with Gasteiger partial charge in [-0.25, -0.2) is 9.67 Å². The Bertz CT molecular complexity index is 967. The van der Waals surface area contributed by atoms with E-state index < -0.39 is 17.8 Å². The van der Waals surface area contributed by atoms with Crippen LogP contribution in [0.15, 0.2) is 48.7 Å². The van der Waals surface area contributed by atoms with Crippen molar-refractivity contribution in [3.63, 3.8) is 0 Å². The molecule has 0 aliphatic carbocycles. The minimum atomic E-state index is -4.56. The van der Waals surface area contributed by atoms with Crippen molar-refractivity contribution in [3.8, 4) is 0 Å². The molecule has 27 heavy (non-hydrogen) atoms. The largest absolute Gasteiger partial charge is 0.433 e. The van der Waals surface area contributed by atoms with Gasteiger partial charge in [0.2, 0.25) is 0 Å². The van der Waals surface area contributed by atoms with E-state index in [-0.39, 0.29) is 11.3 Å². The van der Waals surface area contributed by atoms with Crippen LogP contribution in [0, 0.1) is 6.92 Å². The number of pyridine rings is 1. The Morgan fingerprint density at radius 3 is 2.48 bits per heavy atom. The van der Waals surface area contributed by atoms with Crippen molar-refractivity contribution in [2.75, 3.05) is 5.32 Å². The fourth-order valence-corrected chi connectivity index (χ4v) is 2.60. The molecule has 0 aliphatic heterocycles. The van der Waals surface area contributed by atoms with E-state index in [4.69, 9.17) is 11.6 Å². The van der Waals surface area contributed by atoms with E-state index in [1.54, 1.807) is 22.9 Å². The Morgan fingerprint density at radius 1 is 1.15 bits per heavy atom. The van der Waals surface area contributed by atoms with E-state index in [1.165, 1.54) is 13.1 Å². The first kappa shape index (κ1) is 18.9. The highest BCUT2D eigenvalue weighted by atomic mass is 35.5. The Balaban J connectivity index is 1.77. The number of amides is 1. The fraction of sp³-hybridized carbons (Fsp3) is 0.167. The second-order valence-electron chi connectivity index (χ2n) is 5.78. The standard InChI is InChI=1S/C18H14ClF3N4O/c1-11-14(6-7-15(24-11)18(20,21)22)17(27)25-16-8-9-23-26(16)10-12-2-4-13(19)5-3-12/h2-9H,10H2,1H3,(H,25,27). The number of aryl methyl sites for hydroxylation is 1. The van der Waals surface area contributed by atoms with Crippen LogP contribution in [0.4, 0.5) is 19.0 Å². The van der Waals surface area contributed by atoms with Crippen molar-refractivity contribution < 1.29 is 18.0 Å². The molecule has 0 aliphatic rings. The summed E-state index contributed by atoms with van der Waals surface area (Å²) in [6, 6.07) is 10.7. The molecule has 9 heteroatoms. The molecule has 1 N–H and O–H groups in total. The van der Waals surface area contributed by atoms with Gasteiger partial charge in [0.05, 0.1) is 24.0 Å². The molecule has 3 aromatic rings. The van der Waals surface area contributed by atoms with Crippen LogP contribution in [0.5, 0.6) is 0 Å². The Kier molecular flexibility index (Phi) is 5.18. The molecule has 3 rings (SSSR count). The number of carbonyl (C=O) groups excluding carboxylic acids is 1. The lowest BCUT2D eigenvalue weighted by molar-refractivity contribution is -0.141. The zero-order valence-electron chi connectivity index (χ0n) is 14.1. The average Bonchev–Trinajstić information content (AvgIpc) is 3.02. The van der Waals surface area contributed by atoms with E-state index in [0.717, 1.165) is 17.7 Å². The molecule has 1 aromatic carbocycles. The summed E-state index contributed by atoms with van der Waals surface area (Å²) in [6.07, 6.45) is -3.04. The van der Waals surface area contributed by atoms with Gasteiger partial charge in [-0.3, -0.25) is 4.79 Å². The van der Waals surface area contributed by atoms with Crippen LogP contribution in [0.1, 0.15) is 27.3 Å². The summed E-state index contributed by atoms with van der Waals surface area (Å²) in [4.78, 5) is 15.9. The lowest BCUT2D eigenvalue weighted by atomic mass is 10.1. The highest BCUT2D eigenvalue weighted by Crippen LogP contribution is 2.28. The van der Waals surface area contributed by atoms with Crippen LogP contribution in [0.25, 0.3) is 0 Å². The van der Waals surface area contributed by atoms with Crippen molar-refractivity contribution in [2.45, 2.75) is 19.6 Å². The second-order valence-corrected chi connectivity index (χ2v) is 6.22. The SMILES string of the molecule is Cc1nc(C(F)(F)F)ccc1C(=O)Nc1ccnn1Cc1ccc(Cl)cc1. The number of rotatable bonds is 4. The maximum atomic E-state index is 12.7. The quantitative estimate of drug-likeness (QED) is 0.705. The molecule has 0 saturated heterocycles. The molecule has 0 saturated carbocycles. The van der Waals surface area contributed by atoms with Crippen molar-refractivity contribution in [3.05, 3.63) is 76.2 Å². The van der Waals surface area contributed by atoms with Gasteiger partial charge in [-0.1, -0.05) is 23.7 Å². The summed E-state index contributed by atoms with van der Waals surface area (Å²) >= 11 is 5.86. The maximum absolute atomic E-state index is 12.7. The van der Waals surface area contributed by atoms with Gasteiger partial charge < -0.3 is 5.32 Å². The number of nitrogens with zero attached hydrogens (tertiary/aromatic N) is 3. The Morgan fingerprint density at radius 2 is 1.85 bits per heavy atom. The number of alkyl halides is 3. The van der Waals surface area contributed by atoms with Gasteiger partial charge in [0.1, 0.15) is 11.5 Å². The van der Waals surface area contributed by atoms with Crippen molar-refractivity contribution in [2.24, 2.45) is 0 Å². The zero-order chi connectivity index (χ0) is 19.6. The predicted molar refractivity (Wildman–Crippen MR) is 94.7 cm³/mol. The second kappa shape index (κ2) is 7.40. The summed E-state index contributed by atoms with van der Waals surface area (Å²) in [6.45, 7) is 1.75. The van der Waals surface area contributed by atoms with Gasteiger partial charge in [0.25, 0.3) is 5.91 Å². The first-order valence-electron chi connectivity index (χ1n) is 7.86. The summed E-state index contributed by atoms with van der Waals surface area (Å²) in [7, 11) is 0. The van der Waals surface area contributed by atoms with E-state index in [9.17, 15) is 18.0 Å². The lowest BCUT2D eigenvalue weighted by Crippen LogP contribution is -2.19. The van der Waals surface area contributed by atoms with E-state index in [0.29, 0.717) is 17.4 Å². The molecule has 0 spiro atoms. The van der Waals surface area contributed by atoms with E-state index >= 15 is 0 Å². The monoisotopic (exact) mass is 394 g/mol. The Hall–Kier alpha value is -2.87. The predicted octanol–water partition coefficient (Wildman–Crippen LogP) is 4.56. The first-order chi connectivity index (χ1) is 12.7. The number of anilines is 1. The summed E-state index contributed by atoms with van der Waals surface area (Å²) in [5.41, 5.74) is -0.0661. The van der Waals surface area contributed by atoms with Crippen LogP contribution in [-0.4, -0.2) is 20.7 Å². The van der Waals surface area contributed by atoms with Crippen LogP contribution in [0.2, 0.25) is 5.02 Å². The average molecular weight is 395 g/mol. The van der Waals surface area contributed by atoms with Gasteiger partial charge in [0, 0.05) is 11.1 Å². The molecule has 5 nitrogen and oxygen atoms in total. The molecule has 2 aromatic heterocycles. The number of hydrogen-bond donors (Lipinski definition) is 1. The molecule has 0 unspecified atom stereocenters. The highest BCUT2D eigenvalue weighted by Gasteiger charge is 2.33. The lowest BCUT2D eigenvalue weighted by Gasteiger charge is -2.12. The number of aromatic nitrogens is 3. The van der Waals surface area contributed by atoms with Crippen LogP contribution in [0.3, 0.4) is 0 Å². The van der Waals surface area contributed by atoms with E-state index in [1.807, 2.05) is 12.1 Å². The summed E-state index contributed by atoms with van der Waals surface area (Å²) in [5.74, 6) is -0.152. The topological polar surface area (TPSA) is 59.8 Å². The molecule has 140 valence electrons. The van der Waals surface area contributed by atoms with Gasteiger partial charge in [-0.05, 0) is 36.8 Å². The third kappa shape index (κ3) is 4.46. The third-order valence-electron chi connectivity index (χ3n) is 3.82. The maximum Gasteiger partial charge on any atom is 0.433 e. The molecule has 2 heterocycles. The van der Waals surface area contributed by atoms with E-state index in [2.05, 4.69) is 15.4 Å². The van der Waals surface area contributed by atoms with Gasteiger partial charge in [-0.15, -0.1) is 0 Å². The fourth-order valence-electron chi connectivity index (χ4n) is 2.47. The number of benzene rings is 1. The van der Waals surface area contributed by atoms with Crippen molar-refractivity contribution in [1.82, 2.24) is 14.8 Å². The molecule has 1 amide bonds. The third-order valence-corrected chi connectivity index (χ3v) is 4.08. The first-order valence-corrected chi connectivity index (χ1v) is 8.24. The van der Waals surface area contributed by atoms with Gasteiger partial charge >= 0.3 is 6.18 Å². The van der Waals surface area contributed by atoms with Gasteiger partial charge in [-0.2, -0.15) is 18.3 Å². The summed E-state index contributed by atoms with van der Waals surface area (Å²) < 4.78 is 39.7. The molecule has 0 atom stereocenters. The highest BCUT2D eigenvalue weighted by molar-refractivity contribution is 6.30. The van der Waals surface area contributed by atoms with Crippen molar-refractivity contribution in [1.29, 1.82) is 0 Å².